The minimum absolute atomic E-state index is 0.320. The Morgan fingerprint density at radius 3 is 2.71 bits per heavy atom. The molecule has 0 amide bonds. The minimum atomic E-state index is -0.320. The summed E-state index contributed by atoms with van der Waals surface area (Å²) in [5, 5.41) is 0. The summed E-state index contributed by atoms with van der Waals surface area (Å²) in [5.74, 6) is 1.31. The molecule has 17 heavy (non-hydrogen) atoms. The Balaban J connectivity index is 2.75. The van der Waals surface area contributed by atoms with Crippen LogP contribution in [-0.2, 0) is 4.74 Å². The lowest BCUT2D eigenvalue weighted by atomic mass is 10.2. The number of carbonyl (C=O) groups is 1. The topological polar surface area (TPSA) is 52.3 Å². The number of thioether (sulfide) groups is 1. The van der Waals surface area contributed by atoms with Crippen LogP contribution in [0.25, 0.3) is 0 Å². The molecular formula is C13H19NO2S. The maximum atomic E-state index is 11.5. The van der Waals surface area contributed by atoms with Crippen LogP contribution in [0.4, 0.5) is 5.69 Å². The summed E-state index contributed by atoms with van der Waals surface area (Å²) in [5.41, 5.74) is 7.07. The van der Waals surface area contributed by atoms with Crippen LogP contribution in [0.2, 0.25) is 0 Å². The van der Waals surface area contributed by atoms with Gasteiger partial charge in [0.15, 0.2) is 0 Å². The zero-order chi connectivity index (χ0) is 12.8. The fraction of sp³-hybridized carbons (Fsp3) is 0.462. The molecule has 0 aliphatic rings. The van der Waals surface area contributed by atoms with Crippen molar-refractivity contribution in [3.05, 3.63) is 23.8 Å². The molecule has 0 bridgehead atoms. The zero-order valence-electron chi connectivity index (χ0n) is 10.5. The molecule has 4 heteroatoms. The summed E-state index contributed by atoms with van der Waals surface area (Å²) in [7, 11) is 0. The second kappa shape index (κ2) is 6.55. The van der Waals surface area contributed by atoms with Gasteiger partial charge < -0.3 is 10.5 Å². The van der Waals surface area contributed by atoms with Crippen molar-refractivity contribution >= 4 is 23.4 Å². The number of nitrogen functional groups attached to an aromatic ring is 1. The van der Waals surface area contributed by atoms with E-state index in [4.69, 9.17) is 10.5 Å². The van der Waals surface area contributed by atoms with Crippen LogP contribution >= 0.6 is 11.8 Å². The Hall–Kier alpha value is -1.16. The van der Waals surface area contributed by atoms with Crippen molar-refractivity contribution in [1.82, 2.24) is 0 Å². The lowest BCUT2D eigenvalue weighted by molar-refractivity contribution is 0.0526. The summed E-state index contributed by atoms with van der Waals surface area (Å²) in [6.45, 7) is 6.49. The molecule has 0 spiro atoms. The van der Waals surface area contributed by atoms with E-state index in [2.05, 4.69) is 13.8 Å². The first kappa shape index (κ1) is 13.9. The van der Waals surface area contributed by atoms with Gasteiger partial charge in [-0.3, -0.25) is 0 Å². The van der Waals surface area contributed by atoms with Crippen molar-refractivity contribution in [2.75, 3.05) is 18.1 Å². The predicted octanol–water partition coefficient (Wildman–Crippen LogP) is 3.19. The zero-order valence-corrected chi connectivity index (χ0v) is 11.3. The van der Waals surface area contributed by atoms with Crippen molar-refractivity contribution in [3.63, 3.8) is 0 Å². The smallest absolute Gasteiger partial charge is 0.338 e. The summed E-state index contributed by atoms with van der Waals surface area (Å²) in [6.07, 6.45) is 0. The van der Waals surface area contributed by atoms with Gasteiger partial charge in [0, 0.05) is 16.3 Å². The second-order valence-corrected chi connectivity index (χ2v) is 5.24. The maximum absolute atomic E-state index is 11.5. The van der Waals surface area contributed by atoms with E-state index in [1.54, 1.807) is 30.8 Å². The van der Waals surface area contributed by atoms with Gasteiger partial charge in [-0.2, -0.15) is 0 Å². The van der Waals surface area contributed by atoms with E-state index in [1.165, 1.54) is 0 Å². The van der Waals surface area contributed by atoms with Crippen LogP contribution in [0, 0.1) is 5.92 Å². The lowest BCUT2D eigenvalue weighted by Gasteiger charge is -2.09. The molecule has 3 nitrogen and oxygen atoms in total. The lowest BCUT2D eigenvalue weighted by Crippen LogP contribution is -2.05. The van der Waals surface area contributed by atoms with E-state index in [9.17, 15) is 4.79 Å². The first-order chi connectivity index (χ1) is 8.04. The molecule has 0 radical (unpaired) electrons. The average molecular weight is 253 g/mol. The van der Waals surface area contributed by atoms with Crippen LogP contribution < -0.4 is 5.73 Å². The maximum Gasteiger partial charge on any atom is 0.338 e. The molecule has 0 aromatic heterocycles. The normalized spacial score (nSPS) is 10.6. The summed E-state index contributed by atoms with van der Waals surface area (Å²) >= 11 is 1.71. The van der Waals surface area contributed by atoms with Crippen LogP contribution in [0.1, 0.15) is 31.1 Å². The van der Waals surface area contributed by atoms with Crippen LogP contribution in [0.5, 0.6) is 0 Å². The van der Waals surface area contributed by atoms with Gasteiger partial charge >= 0.3 is 5.97 Å². The van der Waals surface area contributed by atoms with Crippen LogP contribution in [0.15, 0.2) is 23.1 Å². The van der Waals surface area contributed by atoms with Gasteiger partial charge in [-0.25, -0.2) is 4.79 Å². The highest BCUT2D eigenvalue weighted by molar-refractivity contribution is 7.99. The number of benzene rings is 1. The molecule has 0 heterocycles. The third-order valence-electron chi connectivity index (χ3n) is 2.09. The number of hydrogen-bond acceptors (Lipinski definition) is 4. The quantitative estimate of drug-likeness (QED) is 0.497. The van der Waals surface area contributed by atoms with E-state index in [0.717, 1.165) is 10.6 Å². The highest BCUT2D eigenvalue weighted by Gasteiger charge is 2.09. The monoisotopic (exact) mass is 253 g/mol. The SMILES string of the molecule is CCOC(=O)c1ccc(SCC(C)C)c(N)c1. The van der Waals surface area contributed by atoms with Crippen molar-refractivity contribution < 1.29 is 9.53 Å². The Bertz CT molecular complexity index is 391. The Labute approximate surface area is 107 Å². The van der Waals surface area contributed by atoms with Crippen molar-refractivity contribution in [2.24, 2.45) is 5.92 Å². The number of ether oxygens (including phenoxy) is 1. The summed E-state index contributed by atoms with van der Waals surface area (Å²) in [4.78, 5) is 12.5. The fourth-order valence-corrected chi connectivity index (χ4v) is 2.18. The van der Waals surface area contributed by atoms with Crippen molar-refractivity contribution in [2.45, 2.75) is 25.7 Å². The highest BCUT2D eigenvalue weighted by atomic mass is 32.2. The molecule has 1 rings (SSSR count). The largest absolute Gasteiger partial charge is 0.462 e. The Morgan fingerprint density at radius 2 is 2.18 bits per heavy atom. The molecule has 94 valence electrons. The van der Waals surface area contributed by atoms with Gasteiger partial charge in [0.25, 0.3) is 0 Å². The third-order valence-corrected chi connectivity index (χ3v) is 3.61. The highest BCUT2D eigenvalue weighted by Crippen LogP contribution is 2.27. The molecule has 1 aromatic rings. The van der Waals surface area contributed by atoms with E-state index in [0.29, 0.717) is 23.8 Å². The van der Waals surface area contributed by atoms with Crippen molar-refractivity contribution in [3.8, 4) is 0 Å². The predicted molar refractivity (Wildman–Crippen MR) is 72.4 cm³/mol. The van der Waals surface area contributed by atoms with E-state index >= 15 is 0 Å². The van der Waals surface area contributed by atoms with Crippen LogP contribution in [0.3, 0.4) is 0 Å². The molecule has 0 unspecified atom stereocenters. The number of anilines is 1. The minimum Gasteiger partial charge on any atom is -0.462 e. The molecular weight excluding hydrogens is 234 g/mol. The van der Waals surface area contributed by atoms with Crippen molar-refractivity contribution in [1.29, 1.82) is 0 Å². The average Bonchev–Trinajstić information content (AvgIpc) is 2.27. The van der Waals surface area contributed by atoms with Gasteiger partial charge in [-0.05, 0) is 31.0 Å². The van der Waals surface area contributed by atoms with Crippen LogP contribution in [-0.4, -0.2) is 18.3 Å². The fourth-order valence-electron chi connectivity index (χ4n) is 1.28. The Kier molecular flexibility index (Phi) is 5.35. The van der Waals surface area contributed by atoms with Gasteiger partial charge in [0.1, 0.15) is 0 Å². The van der Waals surface area contributed by atoms with Gasteiger partial charge in [-0.1, -0.05) is 13.8 Å². The molecule has 0 saturated heterocycles. The number of carbonyl (C=O) groups excluding carboxylic acids is 1. The first-order valence-electron chi connectivity index (χ1n) is 5.74. The summed E-state index contributed by atoms with van der Waals surface area (Å²) in [6, 6.07) is 5.33. The molecule has 0 aliphatic carbocycles. The molecule has 0 fully saturated rings. The molecule has 0 aliphatic heterocycles. The van der Waals surface area contributed by atoms with E-state index in [-0.39, 0.29) is 5.97 Å². The third kappa shape index (κ3) is 4.30. The first-order valence-corrected chi connectivity index (χ1v) is 6.72. The molecule has 0 atom stereocenters. The standard InChI is InChI=1S/C13H19NO2S/c1-4-16-13(15)10-5-6-12(11(14)7-10)17-8-9(2)3/h5-7,9H,4,8,14H2,1-3H3. The van der Waals surface area contributed by atoms with E-state index in [1.807, 2.05) is 6.07 Å². The number of hydrogen-bond donors (Lipinski definition) is 1. The Morgan fingerprint density at radius 1 is 1.47 bits per heavy atom. The number of rotatable bonds is 5. The summed E-state index contributed by atoms with van der Waals surface area (Å²) < 4.78 is 4.92. The molecule has 2 N–H and O–H groups in total. The number of nitrogens with two attached hydrogens (primary N) is 1. The van der Waals surface area contributed by atoms with Gasteiger partial charge in [-0.15, -0.1) is 11.8 Å². The van der Waals surface area contributed by atoms with Gasteiger partial charge in [0.05, 0.1) is 12.2 Å². The molecule has 1 aromatic carbocycles. The molecule has 0 saturated carbocycles. The second-order valence-electron chi connectivity index (χ2n) is 4.18. The van der Waals surface area contributed by atoms with Gasteiger partial charge in [0.2, 0.25) is 0 Å². The number of esters is 1. The van der Waals surface area contributed by atoms with E-state index < -0.39 is 0 Å².